The Kier molecular flexibility index (Phi) is 5.83. The molecule has 1 fully saturated rings. The maximum Gasteiger partial charge on any atom is 0.319 e. The number of nitrogens with zero attached hydrogens (tertiary/aromatic N) is 2. The topological polar surface area (TPSA) is 49.9 Å². The Morgan fingerprint density at radius 3 is 2.52 bits per heavy atom. The van der Waals surface area contributed by atoms with Crippen LogP contribution in [0.4, 0.5) is 0 Å². The fraction of sp³-hybridized carbons (Fsp3) is 0.429. The van der Waals surface area contributed by atoms with E-state index in [0.717, 1.165) is 3.57 Å². The van der Waals surface area contributed by atoms with Crippen molar-refractivity contribution in [2.75, 3.05) is 39.8 Å². The molecule has 0 saturated carbocycles. The Hall–Kier alpha value is -0.860. The maximum atomic E-state index is 12.4. The molecule has 0 aliphatic carbocycles. The van der Waals surface area contributed by atoms with Gasteiger partial charge in [-0.25, -0.2) is 0 Å². The predicted octanol–water partition coefficient (Wildman–Crippen LogP) is 1.88. The first-order chi connectivity index (χ1) is 10.0. The van der Waals surface area contributed by atoms with E-state index in [2.05, 4.69) is 27.3 Å². The van der Waals surface area contributed by atoms with Crippen LogP contribution in [0.2, 0.25) is 5.02 Å². The van der Waals surface area contributed by atoms with Crippen molar-refractivity contribution in [2.45, 2.75) is 0 Å². The predicted molar refractivity (Wildman–Crippen MR) is 88.5 cm³/mol. The fourth-order valence-corrected chi connectivity index (χ4v) is 2.68. The van der Waals surface area contributed by atoms with Crippen LogP contribution >= 0.6 is 34.2 Å². The summed E-state index contributed by atoms with van der Waals surface area (Å²) in [6.45, 7) is 2.80. The quantitative estimate of drug-likeness (QED) is 0.551. The van der Waals surface area contributed by atoms with E-state index in [0.29, 0.717) is 36.8 Å². The van der Waals surface area contributed by atoms with Crippen LogP contribution in [0.25, 0.3) is 0 Å². The van der Waals surface area contributed by atoms with Crippen LogP contribution in [0.5, 0.6) is 0 Å². The van der Waals surface area contributed by atoms with Gasteiger partial charge in [-0.15, -0.1) is 0 Å². The number of esters is 1. The summed E-state index contributed by atoms with van der Waals surface area (Å²) >= 11 is 8.18. The molecule has 0 bridgehead atoms. The van der Waals surface area contributed by atoms with Crippen LogP contribution in [0, 0.1) is 3.57 Å². The summed E-state index contributed by atoms with van der Waals surface area (Å²) in [6.07, 6.45) is 0. The van der Waals surface area contributed by atoms with Crippen molar-refractivity contribution in [2.24, 2.45) is 0 Å². The standard InChI is InChI=1S/C14H16ClIN2O3/c1-21-13(19)9-17-4-6-18(7-5-17)14(20)10-2-3-12(16)11(15)8-10/h2-3,8H,4-7,9H2,1H3. The molecule has 1 aliphatic heterocycles. The Labute approximate surface area is 142 Å². The molecular weight excluding hydrogens is 407 g/mol. The van der Waals surface area contributed by atoms with Crippen LogP contribution < -0.4 is 0 Å². The molecule has 1 heterocycles. The monoisotopic (exact) mass is 422 g/mol. The van der Waals surface area contributed by atoms with E-state index in [-0.39, 0.29) is 18.4 Å². The number of benzene rings is 1. The summed E-state index contributed by atoms with van der Waals surface area (Å²) in [4.78, 5) is 27.4. The molecule has 1 aromatic carbocycles. The number of carbonyl (C=O) groups excluding carboxylic acids is 2. The number of carbonyl (C=O) groups is 2. The van der Waals surface area contributed by atoms with Crippen molar-refractivity contribution in [3.05, 3.63) is 32.4 Å². The molecule has 1 amide bonds. The highest BCUT2D eigenvalue weighted by atomic mass is 127. The lowest BCUT2D eigenvalue weighted by Crippen LogP contribution is -2.50. The van der Waals surface area contributed by atoms with Gasteiger partial charge in [-0.2, -0.15) is 0 Å². The number of halogens is 2. The molecule has 0 radical (unpaired) electrons. The first-order valence-corrected chi connectivity index (χ1v) is 8.00. The minimum absolute atomic E-state index is 0.0222. The summed E-state index contributed by atoms with van der Waals surface area (Å²) in [6, 6.07) is 5.33. The van der Waals surface area contributed by atoms with Crippen molar-refractivity contribution in [1.29, 1.82) is 0 Å². The SMILES string of the molecule is COC(=O)CN1CCN(C(=O)c2ccc(I)c(Cl)c2)CC1. The minimum atomic E-state index is -0.251. The first-order valence-electron chi connectivity index (χ1n) is 6.54. The van der Waals surface area contributed by atoms with Gasteiger partial charge in [0.05, 0.1) is 18.7 Å². The van der Waals surface area contributed by atoms with E-state index in [1.807, 2.05) is 11.0 Å². The molecule has 21 heavy (non-hydrogen) atoms. The molecule has 7 heteroatoms. The van der Waals surface area contributed by atoms with Gasteiger partial charge in [0.25, 0.3) is 5.91 Å². The molecule has 1 aromatic rings. The van der Waals surface area contributed by atoms with Crippen LogP contribution in [0.1, 0.15) is 10.4 Å². The van der Waals surface area contributed by atoms with Crippen molar-refractivity contribution in [3.63, 3.8) is 0 Å². The van der Waals surface area contributed by atoms with Gasteiger partial charge in [0.15, 0.2) is 0 Å². The van der Waals surface area contributed by atoms with Gasteiger partial charge in [0, 0.05) is 35.3 Å². The van der Waals surface area contributed by atoms with Crippen LogP contribution in [0.3, 0.4) is 0 Å². The second-order valence-corrected chi connectivity index (χ2v) is 6.34. The molecule has 1 saturated heterocycles. The number of methoxy groups -OCH3 is 1. The molecule has 0 N–H and O–H groups in total. The normalized spacial score (nSPS) is 15.9. The Morgan fingerprint density at radius 1 is 1.29 bits per heavy atom. The third-order valence-corrected chi connectivity index (χ3v) is 4.98. The summed E-state index contributed by atoms with van der Waals surface area (Å²) in [5, 5.41) is 0.589. The van der Waals surface area contributed by atoms with E-state index >= 15 is 0 Å². The van der Waals surface area contributed by atoms with Gasteiger partial charge in [0.2, 0.25) is 0 Å². The molecule has 5 nitrogen and oxygen atoms in total. The van der Waals surface area contributed by atoms with Crippen molar-refractivity contribution in [1.82, 2.24) is 9.80 Å². The maximum absolute atomic E-state index is 12.4. The lowest BCUT2D eigenvalue weighted by molar-refractivity contribution is -0.142. The van der Waals surface area contributed by atoms with Crippen molar-refractivity contribution < 1.29 is 14.3 Å². The zero-order chi connectivity index (χ0) is 15.4. The smallest absolute Gasteiger partial charge is 0.319 e. The van der Waals surface area contributed by atoms with Crippen LogP contribution in [-0.4, -0.2) is 61.5 Å². The lowest BCUT2D eigenvalue weighted by Gasteiger charge is -2.34. The highest BCUT2D eigenvalue weighted by Crippen LogP contribution is 2.20. The molecule has 0 unspecified atom stereocenters. The summed E-state index contributed by atoms with van der Waals surface area (Å²) in [5.74, 6) is -0.273. The zero-order valence-corrected chi connectivity index (χ0v) is 14.6. The van der Waals surface area contributed by atoms with Gasteiger partial charge in [-0.3, -0.25) is 14.5 Å². The second-order valence-electron chi connectivity index (χ2n) is 4.77. The first kappa shape index (κ1) is 16.5. The number of ether oxygens (including phenoxy) is 1. The van der Waals surface area contributed by atoms with E-state index in [1.54, 1.807) is 17.0 Å². The fourth-order valence-electron chi connectivity index (χ4n) is 2.17. The summed E-state index contributed by atoms with van der Waals surface area (Å²) in [7, 11) is 1.38. The van der Waals surface area contributed by atoms with Crippen molar-refractivity contribution in [3.8, 4) is 0 Å². The van der Waals surface area contributed by atoms with Gasteiger partial charge in [-0.05, 0) is 40.8 Å². The Bertz CT molecular complexity index is 545. The number of amides is 1. The number of piperazine rings is 1. The molecule has 0 aromatic heterocycles. The highest BCUT2D eigenvalue weighted by Gasteiger charge is 2.23. The Balaban J connectivity index is 1.93. The van der Waals surface area contributed by atoms with Crippen molar-refractivity contribution >= 4 is 46.1 Å². The Morgan fingerprint density at radius 2 is 1.95 bits per heavy atom. The van der Waals surface area contributed by atoms with Crippen LogP contribution in [-0.2, 0) is 9.53 Å². The molecule has 114 valence electrons. The largest absolute Gasteiger partial charge is 0.468 e. The average molecular weight is 423 g/mol. The van der Waals surface area contributed by atoms with Gasteiger partial charge >= 0.3 is 5.97 Å². The van der Waals surface area contributed by atoms with Gasteiger partial charge in [-0.1, -0.05) is 11.6 Å². The highest BCUT2D eigenvalue weighted by molar-refractivity contribution is 14.1. The molecule has 1 aliphatic rings. The molecule has 0 spiro atoms. The van der Waals surface area contributed by atoms with E-state index in [4.69, 9.17) is 11.6 Å². The summed E-state index contributed by atoms with van der Waals surface area (Å²) in [5.41, 5.74) is 0.599. The second kappa shape index (κ2) is 7.42. The number of hydrogen-bond donors (Lipinski definition) is 0. The van der Waals surface area contributed by atoms with E-state index < -0.39 is 0 Å². The number of rotatable bonds is 3. The van der Waals surface area contributed by atoms with E-state index in [1.165, 1.54) is 7.11 Å². The van der Waals surface area contributed by atoms with E-state index in [9.17, 15) is 9.59 Å². The average Bonchev–Trinajstić information content (AvgIpc) is 2.50. The third-order valence-electron chi connectivity index (χ3n) is 3.41. The minimum Gasteiger partial charge on any atom is -0.468 e. The third kappa shape index (κ3) is 4.31. The zero-order valence-electron chi connectivity index (χ0n) is 11.6. The number of hydrogen-bond acceptors (Lipinski definition) is 4. The molecule has 0 atom stereocenters. The molecule has 2 rings (SSSR count). The van der Waals surface area contributed by atoms with Gasteiger partial charge < -0.3 is 9.64 Å². The van der Waals surface area contributed by atoms with Crippen LogP contribution in [0.15, 0.2) is 18.2 Å². The summed E-state index contributed by atoms with van der Waals surface area (Å²) < 4.78 is 5.57. The van der Waals surface area contributed by atoms with Gasteiger partial charge in [0.1, 0.15) is 0 Å². The lowest BCUT2D eigenvalue weighted by atomic mass is 10.2. The molecular formula is C14H16ClIN2O3.